The first-order valence-corrected chi connectivity index (χ1v) is 10.1. The predicted molar refractivity (Wildman–Crippen MR) is 112 cm³/mol. The molecule has 3 heterocycles. The number of rotatable bonds is 4. The van der Waals surface area contributed by atoms with Crippen LogP contribution < -0.4 is 30.4 Å². The molecule has 11 heteroatoms. The van der Waals surface area contributed by atoms with Gasteiger partial charge < -0.3 is 25.0 Å². The first-order chi connectivity index (χ1) is 15.3. The van der Waals surface area contributed by atoms with Crippen molar-refractivity contribution in [3.63, 3.8) is 0 Å². The van der Waals surface area contributed by atoms with Crippen LogP contribution in [-0.2, 0) is 4.79 Å². The molecule has 168 valence electrons. The minimum absolute atomic E-state index is 0.189. The molecule has 0 unspecified atom stereocenters. The van der Waals surface area contributed by atoms with Crippen molar-refractivity contribution >= 4 is 23.1 Å². The third-order valence-electron chi connectivity index (χ3n) is 5.60. The van der Waals surface area contributed by atoms with E-state index in [9.17, 15) is 18.0 Å². The van der Waals surface area contributed by atoms with E-state index in [0.717, 1.165) is 24.3 Å². The normalized spacial score (nSPS) is 20.2. The molecule has 3 aliphatic heterocycles. The second-order valence-corrected chi connectivity index (χ2v) is 7.78. The molecular weight excluding hydrogens is 427 g/mol. The molecule has 5 rings (SSSR count). The van der Waals surface area contributed by atoms with Gasteiger partial charge in [0, 0.05) is 24.3 Å². The summed E-state index contributed by atoms with van der Waals surface area (Å²) in [5, 5.41) is 10.8. The average molecular weight is 447 g/mol. The number of hydrogen-bond acceptors (Lipinski definition) is 7. The maximum Gasteiger partial charge on any atom is 0.573 e. The fraction of sp³-hybridized carbons (Fsp3) is 0.333. The lowest BCUT2D eigenvalue weighted by atomic mass is 9.99. The van der Waals surface area contributed by atoms with Crippen LogP contribution in [0.15, 0.2) is 41.5 Å². The number of fused-ring (bicyclic) bond motifs is 3. The summed E-state index contributed by atoms with van der Waals surface area (Å²) < 4.78 is 47.4. The summed E-state index contributed by atoms with van der Waals surface area (Å²) in [6, 6.07) is 9.16. The number of nitrogens with zero attached hydrogens (tertiary/aromatic N) is 2. The number of anilines is 2. The van der Waals surface area contributed by atoms with E-state index < -0.39 is 12.4 Å². The number of halogens is 3. The van der Waals surface area contributed by atoms with Crippen LogP contribution in [-0.4, -0.2) is 49.9 Å². The number of ether oxygens (including phenoxy) is 2. The van der Waals surface area contributed by atoms with E-state index in [4.69, 9.17) is 4.74 Å². The van der Waals surface area contributed by atoms with Crippen molar-refractivity contribution in [2.45, 2.75) is 25.4 Å². The molecule has 8 nitrogen and oxygen atoms in total. The number of benzene rings is 2. The van der Waals surface area contributed by atoms with Crippen molar-refractivity contribution in [3.8, 4) is 22.6 Å². The van der Waals surface area contributed by atoms with Gasteiger partial charge in [-0.3, -0.25) is 4.79 Å². The minimum Gasteiger partial charge on any atom is -0.483 e. The number of carbonyl (C=O) groups is 1. The molecule has 0 saturated carbocycles. The van der Waals surface area contributed by atoms with Crippen LogP contribution in [0, 0.1) is 0 Å². The predicted octanol–water partition coefficient (Wildman–Crippen LogP) is 2.67. The van der Waals surface area contributed by atoms with E-state index in [1.165, 1.54) is 12.1 Å². The summed E-state index contributed by atoms with van der Waals surface area (Å²) in [7, 11) is 0. The van der Waals surface area contributed by atoms with Crippen LogP contribution in [0.2, 0.25) is 0 Å². The van der Waals surface area contributed by atoms with Crippen molar-refractivity contribution in [1.82, 2.24) is 10.7 Å². The molecule has 0 bridgehead atoms. The van der Waals surface area contributed by atoms with Crippen LogP contribution in [0.4, 0.5) is 24.5 Å². The number of nitrogens with one attached hydrogen (secondary N) is 3. The van der Waals surface area contributed by atoms with Gasteiger partial charge in [0.1, 0.15) is 24.1 Å². The highest BCUT2D eigenvalue weighted by Crippen LogP contribution is 2.43. The van der Waals surface area contributed by atoms with Crippen molar-refractivity contribution in [3.05, 3.63) is 36.4 Å². The lowest BCUT2D eigenvalue weighted by molar-refractivity contribution is -0.274. The number of alkyl halides is 3. The van der Waals surface area contributed by atoms with E-state index >= 15 is 0 Å². The number of hydrogen-bond donors (Lipinski definition) is 3. The fourth-order valence-corrected chi connectivity index (χ4v) is 3.88. The van der Waals surface area contributed by atoms with Crippen molar-refractivity contribution in [2.24, 2.45) is 5.10 Å². The molecule has 32 heavy (non-hydrogen) atoms. The Morgan fingerprint density at radius 2 is 1.97 bits per heavy atom. The van der Waals surface area contributed by atoms with Crippen LogP contribution in [0.3, 0.4) is 0 Å². The number of carbonyl (C=O) groups excluding carboxylic acids is 1. The molecule has 0 spiro atoms. The summed E-state index contributed by atoms with van der Waals surface area (Å²) in [4.78, 5) is 14.0. The smallest absolute Gasteiger partial charge is 0.483 e. The van der Waals surface area contributed by atoms with Gasteiger partial charge in [-0.1, -0.05) is 12.1 Å². The zero-order valence-electron chi connectivity index (χ0n) is 17.0. The van der Waals surface area contributed by atoms with Crippen LogP contribution >= 0.6 is 0 Å². The van der Waals surface area contributed by atoms with Gasteiger partial charge >= 0.3 is 6.36 Å². The summed E-state index contributed by atoms with van der Waals surface area (Å²) in [6.07, 6.45) is -4.75. The molecule has 1 saturated heterocycles. The van der Waals surface area contributed by atoms with Gasteiger partial charge in [-0.15, -0.1) is 13.2 Å². The molecule has 2 aromatic rings. The molecule has 1 amide bonds. The molecule has 3 N–H and O–H groups in total. The first kappa shape index (κ1) is 20.4. The van der Waals surface area contributed by atoms with Crippen LogP contribution in [0.25, 0.3) is 11.1 Å². The van der Waals surface area contributed by atoms with E-state index in [-0.39, 0.29) is 24.3 Å². The van der Waals surface area contributed by atoms with Gasteiger partial charge in [0.2, 0.25) is 0 Å². The maximum atomic E-state index is 12.5. The van der Waals surface area contributed by atoms with E-state index in [0.29, 0.717) is 22.8 Å². The Kier molecular flexibility index (Phi) is 4.85. The molecule has 0 aliphatic carbocycles. The number of amides is 1. The molecular formula is C21H20F3N5O3. The van der Waals surface area contributed by atoms with Gasteiger partial charge in [-0.05, 0) is 36.8 Å². The second-order valence-electron chi connectivity index (χ2n) is 7.78. The molecule has 0 aromatic heterocycles. The molecule has 0 radical (unpaired) electrons. The Bertz CT molecular complexity index is 1080. The van der Waals surface area contributed by atoms with Crippen molar-refractivity contribution in [1.29, 1.82) is 0 Å². The average Bonchev–Trinajstić information content (AvgIpc) is 2.72. The Morgan fingerprint density at radius 3 is 2.62 bits per heavy atom. The number of hydrazone groups is 1. The van der Waals surface area contributed by atoms with Gasteiger partial charge in [0.15, 0.2) is 5.84 Å². The van der Waals surface area contributed by atoms with Gasteiger partial charge in [0.25, 0.3) is 5.91 Å². The van der Waals surface area contributed by atoms with Crippen LogP contribution in [0.1, 0.15) is 6.92 Å². The summed E-state index contributed by atoms with van der Waals surface area (Å²) >= 11 is 0. The van der Waals surface area contributed by atoms with Crippen molar-refractivity contribution < 1.29 is 27.4 Å². The van der Waals surface area contributed by atoms with E-state index in [1.54, 1.807) is 19.1 Å². The minimum atomic E-state index is -4.75. The second kappa shape index (κ2) is 7.59. The lowest BCUT2D eigenvalue weighted by Crippen LogP contribution is -2.55. The highest BCUT2D eigenvalue weighted by molar-refractivity contribution is 6.10. The highest BCUT2D eigenvalue weighted by Gasteiger charge is 2.36. The third-order valence-corrected chi connectivity index (χ3v) is 5.60. The summed E-state index contributed by atoms with van der Waals surface area (Å²) in [5.74, 6) is 0.654. The third kappa shape index (κ3) is 3.79. The van der Waals surface area contributed by atoms with Gasteiger partial charge in [-0.25, -0.2) is 5.43 Å². The fourth-order valence-electron chi connectivity index (χ4n) is 3.88. The Balaban J connectivity index is 1.55. The quantitative estimate of drug-likeness (QED) is 0.668. The highest BCUT2D eigenvalue weighted by atomic mass is 19.4. The Labute approximate surface area is 181 Å². The standard InChI is InChI=1S/C21H20F3N5O3/c1-11-20(30)28-27-19-10-31-18-6-15(12-2-4-14(5-3-12)32-21(22,23)24)16(7-17(18)29(11)19)26-13-8-25-9-13/h2-7,11,13,25-26H,8-10H2,1H3,(H,28,30)/t11-/m1/s1. The topological polar surface area (TPSA) is 87.2 Å². The zero-order chi connectivity index (χ0) is 22.5. The monoisotopic (exact) mass is 447 g/mol. The summed E-state index contributed by atoms with van der Waals surface area (Å²) in [6.45, 7) is 3.56. The van der Waals surface area contributed by atoms with Crippen LogP contribution in [0.5, 0.6) is 11.5 Å². The van der Waals surface area contributed by atoms with E-state index in [1.807, 2.05) is 17.0 Å². The lowest BCUT2D eigenvalue weighted by Gasteiger charge is -2.39. The molecule has 1 fully saturated rings. The largest absolute Gasteiger partial charge is 0.573 e. The SMILES string of the molecule is C[C@@H]1C(=O)NN=C2COc3cc(-c4ccc(OC(F)(F)F)cc4)c(NC4CNC4)cc3N21. The molecule has 2 aromatic carbocycles. The first-order valence-electron chi connectivity index (χ1n) is 10.1. The molecule has 1 atom stereocenters. The number of amidine groups is 1. The molecule has 3 aliphatic rings. The van der Waals surface area contributed by atoms with E-state index in [2.05, 4.69) is 25.9 Å². The van der Waals surface area contributed by atoms with Gasteiger partial charge in [-0.2, -0.15) is 5.10 Å². The summed E-state index contributed by atoms with van der Waals surface area (Å²) in [5.41, 5.74) is 5.45. The maximum absolute atomic E-state index is 12.5. The van der Waals surface area contributed by atoms with Gasteiger partial charge in [0.05, 0.1) is 11.7 Å². The zero-order valence-corrected chi connectivity index (χ0v) is 17.0. The van der Waals surface area contributed by atoms with Crippen molar-refractivity contribution in [2.75, 3.05) is 29.9 Å². The Morgan fingerprint density at radius 1 is 1.22 bits per heavy atom. The Hall–Kier alpha value is -3.47.